The molecule has 1 fully saturated rings. The largest absolute Gasteiger partial charge is 0.486 e. The number of hydrogen-bond donors (Lipinski definition) is 1. The normalized spacial score (nSPS) is 27.4. The number of rotatable bonds is 4. The summed E-state index contributed by atoms with van der Waals surface area (Å²) in [6.45, 7) is 7.68. The van der Waals surface area contributed by atoms with Crippen LogP contribution in [0.5, 0.6) is 11.5 Å². The number of fused-ring (bicyclic) bond motifs is 1. The number of nitrogens with one attached hydrogen (secondary N) is 1. The van der Waals surface area contributed by atoms with Crippen LogP contribution in [0.25, 0.3) is 0 Å². The first-order valence-corrected chi connectivity index (χ1v) is 9.79. The van der Waals surface area contributed by atoms with Crippen molar-refractivity contribution in [1.82, 2.24) is 5.32 Å². The molecule has 5 heteroatoms. The monoisotopic (exact) mass is 349 g/mol. The van der Waals surface area contributed by atoms with Crippen LogP contribution in [0.3, 0.4) is 0 Å². The fraction of sp³-hybridized carbons (Fsp3) is 0.632. The van der Waals surface area contributed by atoms with E-state index in [1.54, 1.807) is 11.8 Å². The standard InChI is InChI=1S/C19H27NO3S/c1-12-5-4-6-16(13(12)2)20-19(21)14(3)24-15-7-8-17-18(11-15)23-10-9-22-17/h7-8,11-14,16H,4-6,9-10H2,1-3H3,(H,20,21)/t12-,13+,14+,16-/m0/s1. The Labute approximate surface area is 148 Å². The molecule has 0 spiro atoms. The lowest BCUT2D eigenvalue weighted by molar-refractivity contribution is -0.121. The summed E-state index contributed by atoms with van der Waals surface area (Å²) in [6.07, 6.45) is 3.58. The predicted molar refractivity (Wildman–Crippen MR) is 96.9 cm³/mol. The number of carbonyl (C=O) groups is 1. The molecule has 1 N–H and O–H groups in total. The Bertz CT molecular complexity index is 592. The van der Waals surface area contributed by atoms with Crippen LogP contribution in [0.15, 0.2) is 23.1 Å². The first kappa shape index (κ1) is 17.5. The van der Waals surface area contributed by atoms with Gasteiger partial charge < -0.3 is 14.8 Å². The zero-order valence-corrected chi connectivity index (χ0v) is 15.5. The van der Waals surface area contributed by atoms with Crippen LogP contribution in [0.1, 0.15) is 40.0 Å². The van der Waals surface area contributed by atoms with E-state index < -0.39 is 0 Å². The molecule has 0 radical (unpaired) electrons. The summed E-state index contributed by atoms with van der Waals surface area (Å²) < 4.78 is 11.2. The van der Waals surface area contributed by atoms with Crippen molar-refractivity contribution in [2.45, 2.75) is 56.2 Å². The molecule has 4 atom stereocenters. The van der Waals surface area contributed by atoms with Gasteiger partial charge in [0.1, 0.15) is 13.2 Å². The van der Waals surface area contributed by atoms with Crippen molar-refractivity contribution >= 4 is 17.7 Å². The van der Waals surface area contributed by atoms with E-state index in [2.05, 4.69) is 19.2 Å². The van der Waals surface area contributed by atoms with E-state index in [0.717, 1.165) is 22.8 Å². The molecule has 1 aliphatic carbocycles. The van der Waals surface area contributed by atoms with E-state index in [1.165, 1.54) is 12.8 Å². The highest BCUT2D eigenvalue weighted by Crippen LogP contribution is 2.36. The van der Waals surface area contributed by atoms with Gasteiger partial charge in [-0.2, -0.15) is 0 Å². The minimum atomic E-state index is -0.128. The number of carbonyl (C=O) groups excluding carboxylic acids is 1. The van der Waals surface area contributed by atoms with Gasteiger partial charge in [0.25, 0.3) is 0 Å². The summed E-state index contributed by atoms with van der Waals surface area (Å²) in [5.41, 5.74) is 0. The molecule has 1 aromatic carbocycles. The fourth-order valence-electron chi connectivity index (χ4n) is 3.44. The fourth-order valence-corrected chi connectivity index (χ4v) is 4.35. The number of ether oxygens (including phenoxy) is 2. The quantitative estimate of drug-likeness (QED) is 0.838. The molecule has 1 heterocycles. The Balaban J connectivity index is 1.58. The summed E-state index contributed by atoms with van der Waals surface area (Å²) in [4.78, 5) is 13.6. The Morgan fingerprint density at radius 3 is 2.75 bits per heavy atom. The van der Waals surface area contributed by atoms with Gasteiger partial charge in [-0.05, 0) is 43.4 Å². The van der Waals surface area contributed by atoms with Gasteiger partial charge in [-0.25, -0.2) is 0 Å². The van der Waals surface area contributed by atoms with Crippen molar-refractivity contribution in [2.24, 2.45) is 11.8 Å². The molecule has 1 aliphatic heterocycles. The topological polar surface area (TPSA) is 47.6 Å². The molecular weight excluding hydrogens is 322 g/mol. The number of amides is 1. The van der Waals surface area contributed by atoms with Gasteiger partial charge >= 0.3 is 0 Å². The van der Waals surface area contributed by atoms with Crippen molar-refractivity contribution in [1.29, 1.82) is 0 Å². The Hall–Kier alpha value is -1.36. The minimum Gasteiger partial charge on any atom is -0.486 e. The van der Waals surface area contributed by atoms with Gasteiger partial charge in [0, 0.05) is 10.9 Å². The smallest absolute Gasteiger partial charge is 0.233 e. The van der Waals surface area contributed by atoms with E-state index in [4.69, 9.17) is 9.47 Å². The molecule has 1 aromatic rings. The SMILES string of the molecule is C[C@H]1[C@@H](NC(=O)[C@@H](C)Sc2ccc3c(c2)OCCO3)CCC[C@@H]1C. The Kier molecular flexibility index (Phi) is 5.59. The van der Waals surface area contributed by atoms with Crippen LogP contribution in [-0.4, -0.2) is 30.4 Å². The molecule has 0 aromatic heterocycles. The first-order chi connectivity index (χ1) is 11.5. The Morgan fingerprint density at radius 1 is 1.21 bits per heavy atom. The predicted octanol–water partition coefficient (Wildman–Crippen LogP) is 3.88. The first-order valence-electron chi connectivity index (χ1n) is 8.91. The maximum atomic E-state index is 12.6. The summed E-state index contributed by atoms with van der Waals surface area (Å²) >= 11 is 1.57. The lowest BCUT2D eigenvalue weighted by Gasteiger charge is -2.35. The van der Waals surface area contributed by atoms with E-state index in [-0.39, 0.29) is 11.2 Å². The molecule has 3 rings (SSSR count). The van der Waals surface area contributed by atoms with Crippen molar-refractivity contribution in [2.75, 3.05) is 13.2 Å². The molecule has 1 saturated carbocycles. The zero-order valence-electron chi connectivity index (χ0n) is 14.7. The lowest BCUT2D eigenvalue weighted by Crippen LogP contribution is -2.46. The Morgan fingerprint density at radius 2 is 1.96 bits per heavy atom. The summed E-state index contributed by atoms with van der Waals surface area (Å²) in [5, 5.41) is 3.14. The summed E-state index contributed by atoms with van der Waals surface area (Å²) in [6, 6.07) is 6.19. The average Bonchev–Trinajstić information content (AvgIpc) is 2.58. The van der Waals surface area contributed by atoms with Gasteiger partial charge in [-0.15, -0.1) is 11.8 Å². The minimum absolute atomic E-state index is 0.126. The van der Waals surface area contributed by atoms with Crippen LogP contribution in [0.2, 0.25) is 0 Å². The van der Waals surface area contributed by atoms with E-state index >= 15 is 0 Å². The highest BCUT2D eigenvalue weighted by Gasteiger charge is 2.29. The number of hydrogen-bond acceptors (Lipinski definition) is 4. The van der Waals surface area contributed by atoms with Crippen molar-refractivity contribution in [3.05, 3.63) is 18.2 Å². The van der Waals surface area contributed by atoms with Gasteiger partial charge in [-0.3, -0.25) is 4.79 Å². The molecule has 0 saturated heterocycles. The zero-order chi connectivity index (χ0) is 17.1. The lowest BCUT2D eigenvalue weighted by atomic mass is 9.78. The molecule has 0 bridgehead atoms. The molecule has 132 valence electrons. The summed E-state index contributed by atoms with van der Waals surface area (Å²) in [5.74, 6) is 2.92. The third-order valence-corrected chi connectivity index (χ3v) is 6.32. The van der Waals surface area contributed by atoms with E-state index in [9.17, 15) is 4.79 Å². The second kappa shape index (κ2) is 7.68. The van der Waals surface area contributed by atoms with Gasteiger partial charge in [0.15, 0.2) is 11.5 Å². The van der Waals surface area contributed by atoms with Gasteiger partial charge in [-0.1, -0.05) is 26.7 Å². The third kappa shape index (κ3) is 4.00. The van der Waals surface area contributed by atoms with Crippen molar-refractivity contribution < 1.29 is 14.3 Å². The third-order valence-electron chi connectivity index (χ3n) is 5.23. The highest BCUT2D eigenvalue weighted by atomic mass is 32.2. The van der Waals surface area contributed by atoms with Crippen LogP contribution < -0.4 is 14.8 Å². The molecule has 1 amide bonds. The molecule has 24 heavy (non-hydrogen) atoms. The van der Waals surface area contributed by atoms with Crippen LogP contribution in [-0.2, 0) is 4.79 Å². The van der Waals surface area contributed by atoms with Gasteiger partial charge in [0.2, 0.25) is 5.91 Å². The van der Waals surface area contributed by atoms with Crippen LogP contribution in [0, 0.1) is 11.8 Å². The van der Waals surface area contributed by atoms with Gasteiger partial charge in [0.05, 0.1) is 5.25 Å². The van der Waals surface area contributed by atoms with E-state index in [0.29, 0.717) is 31.1 Å². The second-order valence-corrected chi connectivity index (χ2v) is 8.36. The average molecular weight is 349 g/mol. The van der Waals surface area contributed by atoms with E-state index in [1.807, 2.05) is 25.1 Å². The summed E-state index contributed by atoms with van der Waals surface area (Å²) in [7, 11) is 0. The van der Waals surface area contributed by atoms with Crippen molar-refractivity contribution in [3.63, 3.8) is 0 Å². The van der Waals surface area contributed by atoms with Crippen LogP contribution >= 0.6 is 11.8 Å². The number of thioether (sulfide) groups is 1. The maximum Gasteiger partial charge on any atom is 0.233 e. The second-order valence-electron chi connectivity index (χ2n) is 6.95. The molecule has 0 unspecified atom stereocenters. The molecule has 2 aliphatic rings. The van der Waals surface area contributed by atoms with Crippen molar-refractivity contribution in [3.8, 4) is 11.5 Å². The highest BCUT2D eigenvalue weighted by molar-refractivity contribution is 8.00. The molecule has 4 nitrogen and oxygen atoms in total. The molecular formula is C19H27NO3S. The number of benzene rings is 1. The van der Waals surface area contributed by atoms with Crippen LogP contribution in [0.4, 0.5) is 0 Å². The maximum absolute atomic E-state index is 12.6.